The maximum atomic E-state index is 12.0. The van der Waals surface area contributed by atoms with Crippen LogP contribution in [0, 0.1) is 0 Å². The molecule has 2 N–H and O–H groups in total. The number of phenolic OH excluding ortho intramolecular Hbond substituents is 1. The highest BCUT2D eigenvalue weighted by atomic mass is 35.5. The minimum Gasteiger partial charge on any atom is -0.506 e. The normalized spacial score (nSPS) is 11.2. The molecule has 0 aliphatic heterocycles. The standard InChI is InChI=1S/C16H14ClNO2/c1-11(18-14-4-2-3-5-15(14)19)10-16(20)12-6-8-13(17)9-7-12/h2-10,18-19H,1H3/b11-10+. The summed E-state index contributed by atoms with van der Waals surface area (Å²) >= 11 is 5.78. The van der Waals surface area contributed by atoms with Crippen molar-refractivity contribution in [3.63, 3.8) is 0 Å². The third-order valence-corrected chi connectivity index (χ3v) is 2.96. The number of hydrogen-bond acceptors (Lipinski definition) is 3. The van der Waals surface area contributed by atoms with E-state index in [0.717, 1.165) is 0 Å². The summed E-state index contributed by atoms with van der Waals surface area (Å²) in [6.45, 7) is 1.76. The Morgan fingerprint density at radius 3 is 2.45 bits per heavy atom. The number of ketones is 1. The summed E-state index contributed by atoms with van der Waals surface area (Å²) in [6.07, 6.45) is 1.48. The number of allylic oxidation sites excluding steroid dienone is 2. The number of phenols is 1. The van der Waals surface area contributed by atoms with Gasteiger partial charge in [-0.25, -0.2) is 0 Å². The Morgan fingerprint density at radius 1 is 1.15 bits per heavy atom. The molecule has 0 saturated carbocycles. The highest BCUT2D eigenvalue weighted by molar-refractivity contribution is 6.30. The number of anilines is 1. The van der Waals surface area contributed by atoms with Crippen LogP contribution in [0.25, 0.3) is 0 Å². The molecule has 0 aromatic heterocycles. The SMILES string of the molecule is C/C(=C\C(=O)c1ccc(Cl)cc1)Nc1ccccc1O. The van der Waals surface area contributed by atoms with E-state index in [1.807, 2.05) is 0 Å². The van der Waals surface area contributed by atoms with Gasteiger partial charge in [0.25, 0.3) is 0 Å². The molecular weight excluding hydrogens is 274 g/mol. The number of carbonyl (C=O) groups excluding carboxylic acids is 1. The van der Waals surface area contributed by atoms with Gasteiger partial charge in [-0.15, -0.1) is 0 Å². The molecule has 2 rings (SSSR count). The molecule has 20 heavy (non-hydrogen) atoms. The number of nitrogens with one attached hydrogen (secondary N) is 1. The van der Waals surface area contributed by atoms with Gasteiger partial charge in [0.15, 0.2) is 5.78 Å². The smallest absolute Gasteiger partial charge is 0.187 e. The average Bonchev–Trinajstić information content (AvgIpc) is 2.42. The fourth-order valence-electron chi connectivity index (χ4n) is 1.72. The molecule has 0 spiro atoms. The summed E-state index contributed by atoms with van der Waals surface area (Å²) in [6, 6.07) is 13.6. The minimum absolute atomic E-state index is 0.123. The molecule has 0 atom stereocenters. The van der Waals surface area contributed by atoms with Gasteiger partial charge < -0.3 is 10.4 Å². The quantitative estimate of drug-likeness (QED) is 0.502. The Labute approximate surface area is 122 Å². The first-order chi connectivity index (χ1) is 9.56. The predicted molar refractivity (Wildman–Crippen MR) is 81.3 cm³/mol. The van der Waals surface area contributed by atoms with Gasteiger partial charge in [0, 0.05) is 22.4 Å². The van der Waals surface area contributed by atoms with Crippen LogP contribution in [0.1, 0.15) is 17.3 Å². The second kappa shape index (κ2) is 6.26. The summed E-state index contributed by atoms with van der Waals surface area (Å²) in [7, 11) is 0. The zero-order chi connectivity index (χ0) is 14.5. The molecule has 0 saturated heterocycles. The summed E-state index contributed by atoms with van der Waals surface area (Å²) < 4.78 is 0. The molecule has 0 amide bonds. The van der Waals surface area contributed by atoms with E-state index in [1.54, 1.807) is 55.5 Å². The Hall–Kier alpha value is -2.26. The third-order valence-electron chi connectivity index (χ3n) is 2.71. The van der Waals surface area contributed by atoms with Gasteiger partial charge in [-0.05, 0) is 43.3 Å². The second-order valence-electron chi connectivity index (χ2n) is 4.34. The molecule has 0 bridgehead atoms. The van der Waals surface area contributed by atoms with Crippen molar-refractivity contribution in [2.45, 2.75) is 6.92 Å². The van der Waals surface area contributed by atoms with Crippen molar-refractivity contribution in [3.05, 3.63) is 70.9 Å². The number of aromatic hydroxyl groups is 1. The van der Waals surface area contributed by atoms with E-state index in [-0.39, 0.29) is 11.5 Å². The molecule has 0 fully saturated rings. The maximum absolute atomic E-state index is 12.0. The topological polar surface area (TPSA) is 49.3 Å². The van der Waals surface area contributed by atoms with Crippen LogP contribution in [0.15, 0.2) is 60.3 Å². The number of para-hydroxylation sites is 2. The lowest BCUT2D eigenvalue weighted by Crippen LogP contribution is -2.01. The highest BCUT2D eigenvalue weighted by Crippen LogP contribution is 2.23. The molecule has 102 valence electrons. The first kappa shape index (κ1) is 14.2. The van der Waals surface area contributed by atoms with E-state index >= 15 is 0 Å². The first-order valence-corrected chi connectivity index (χ1v) is 6.47. The largest absolute Gasteiger partial charge is 0.506 e. The van der Waals surface area contributed by atoms with Crippen LogP contribution in [0.5, 0.6) is 5.75 Å². The Bertz CT molecular complexity index is 648. The number of rotatable bonds is 4. The van der Waals surface area contributed by atoms with E-state index < -0.39 is 0 Å². The van der Waals surface area contributed by atoms with E-state index in [0.29, 0.717) is 22.0 Å². The van der Waals surface area contributed by atoms with Gasteiger partial charge in [0.2, 0.25) is 0 Å². The van der Waals surface area contributed by atoms with Crippen LogP contribution in [0.4, 0.5) is 5.69 Å². The highest BCUT2D eigenvalue weighted by Gasteiger charge is 2.04. The van der Waals surface area contributed by atoms with Crippen LogP contribution in [0.2, 0.25) is 5.02 Å². The van der Waals surface area contributed by atoms with Crippen molar-refractivity contribution < 1.29 is 9.90 Å². The zero-order valence-electron chi connectivity index (χ0n) is 10.9. The van der Waals surface area contributed by atoms with Crippen molar-refractivity contribution in [1.82, 2.24) is 0 Å². The van der Waals surface area contributed by atoms with Crippen molar-refractivity contribution in [1.29, 1.82) is 0 Å². The van der Waals surface area contributed by atoms with Crippen molar-refractivity contribution >= 4 is 23.1 Å². The average molecular weight is 288 g/mol. The Balaban J connectivity index is 2.12. The van der Waals surface area contributed by atoms with Crippen LogP contribution in [-0.2, 0) is 0 Å². The molecule has 0 radical (unpaired) electrons. The third kappa shape index (κ3) is 3.62. The lowest BCUT2D eigenvalue weighted by molar-refractivity contribution is 0.104. The van der Waals surface area contributed by atoms with Crippen LogP contribution in [-0.4, -0.2) is 10.9 Å². The molecule has 2 aromatic carbocycles. The summed E-state index contributed by atoms with van der Waals surface area (Å²) in [4.78, 5) is 12.0. The number of benzene rings is 2. The van der Waals surface area contributed by atoms with Crippen molar-refractivity contribution in [2.24, 2.45) is 0 Å². The zero-order valence-corrected chi connectivity index (χ0v) is 11.7. The van der Waals surface area contributed by atoms with E-state index in [1.165, 1.54) is 6.08 Å². The van der Waals surface area contributed by atoms with Crippen LogP contribution >= 0.6 is 11.6 Å². The van der Waals surface area contributed by atoms with E-state index in [9.17, 15) is 9.90 Å². The molecule has 0 heterocycles. The fraction of sp³-hybridized carbons (Fsp3) is 0.0625. The van der Waals surface area contributed by atoms with Gasteiger partial charge in [-0.3, -0.25) is 4.79 Å². The molecule has 4 heteroatoms. The number of carbonyl (C=O) groups is 1. The minimum atomic E-state index is -0.123. The lowest BCUT2D eigenvalue weighted by Gasteiger charge is -2.08. The Morgan fingerprint density at radius 2 is 1.80 bits per heavy atom. The molecule has 0 aliphatic carbocycles. The molecule has 3 nitrogen and oxygen atoms in total. The molecule has 2 aromatic rings. The van der Waals surface area contributed by atoms with Crippen LogP contribution < -0.4 is 5.32 Å². The predicted octanol–water partition coefficient (Wildman–Crippen LogP) is 4.24. The maximum Gasteiger partial charge on any atom is 0.187 e. The van der Waals surface area contributed by atoms with Crippen LogP contribution in [0.3, 0.4) is 0 Å². The summed E-state index contributed by atoms with van der Waals surface area (Å²) in [5, 5.41) is 13.2. The number of halogens is 1. The molecular formula is C16H14ClNO2. The van der Waals surface area contributed by atoms with Crippen molar-refractivity contribution in [3.8, 4) is 5.75 Å². The van der Waals surface area contributed by atoms with E-state index in [4.69, 9.17) is 11.6 Å². The molecule has 0 unspecified atom stereocenters. The summed E-state index contributed by atoms with van der Waals surface area (Å²) in [5.74, 6) is 0.0151. The fourth-order valence-corrected chi connectivity index (χ4v) is 1.85. The van der Waals surface area contributed by atoms with E-state index in [2.05, 4.69) is 5.32 Å². The summed E-state index contributed by atoms with van der Waals surface area (Å²) in [5.41, 5.74) is 1.77. The van der Waals surface area contributed by atoms with Gasteiger partial charge >= 0.3 is 0 Å². The molecule has 0 aliphatic rings. The Kier molecular flexibility index (Phi) is 4.43. The van der Waals surface area contributed by atoms with Gasteiger partial charge in [0.1, 0.15) is 5.75 Å². The van der Waals surface area contributed by atoms with Gasteiger partial charge in [-0.2, -0.15) is 0 Å². The van der Waals surface area contributed by atoms with Crippen molar-refractivity contribution in [2.75, 3.05) is 5.32 Å². The monoisotopic (exact) mass is 287 g/mol. The number of hydrogen-bond donors (Lipinski definition) is 2. The van der Waals surface area contributed by atoms with Gasteiger partial charge in [-0.1, -0.05) is 23.7 Å². The van der Waals surface area contributed by atoms with Gasteiger partial charge in [0.05, 0.1) is 5.69 Å². The lowest BCUT2D eigenvalue weighted by atomic mass is 10.1. The second-order valence-corrected chi connectivity index (χ2v) is 4.78. The first-order valence-electron chi connectivity index (χ1n) is 6.09.